The van der Waals surface area contributed by atoms with Crippen molar-refractivity contribution in [1.29, 1.82) is 0 Å². The number of nitrogens with zero attached hydrogens (tertiary/aromatic N) is 3. The number of benzene rings is 2. The number of halogens is 3. The third kappa shape index (κ3) is 4.28. The molecule has 31 heavy (non-hydrogen) atoms. The molecule has 4 rings (SSSR count). The highest BCUT2D eigenvalue weighted by atomic mass is 35.5. The zero-order valence-corrected chi connectivity index (χ0v) is 18.2. The molecule has 0 aliphatic carbocycles. The molecule has 1 aromatic heterocycles. The molecule has 0 N–H and O–H groups in total. The summed E-state index contributed by atoms with van der Waals surface area (Å²) in [4.78, 5) is 45.4. The molecule has 0 bridgehead atoms. The molecule has 0 atom stereocenters. The lowest BCUT2D eigenvalue weighted by atomic mass is 10.1. The number of rotatable bonds is 5. The van der Waals surface area contributed by atoms with Gasteiger partial charge in [-0.3, -0.25) is 24.3 Å². The van der Waals surface area contributed by atoms with Crippen LogP contribution in [0.15, 0.2) is 60.8 Å². The smallest absolute Gasteiger partial charge is 0.262 e. The van der Waals surface area contributed by atoms with Crippen LogP contribution in [0.3, 0.4) is 0 Å². The predicted octanol–water partition coefficient (Wildman–Crippen LogP) is 4.87. The first-order valence-corrected chi connectivity index (χ1v) is 10.3. The standard InChI is InChI=1S/C22H14Cl3N3O3/c23-13-4-6-15(7-5-13)27(11-14-3-1-2-8-26-14)20(29)12-28-21(30)16-9-18(24)19(25)10-17(16)22(28)31/h1-10H,11-12H2. The van der Waals surface area contributed by atoms with Gasteiger partial charge in [-0.1, -0.05) is 40.9 Å². The summed E-state index contributed by atoms with van der Waals surface area (Å²) in [6.45, 7) is -0.292. The maximum absolute atomic E-state index is 13.2. The number of anilines is 1. The molecule has 0 unspecified atom stereocenters. The highest BCUT2D eigenvalue weighted by molar-refractivity contribution is 6.43. The van der Waals surface area contributed by atoms with Crippen LogP contribution in [0.2, 0.25) is 15.1 Å². The first kappa shape index (κ1) is 21.3. The third-order valence-corrected chi connectivity index (χ3v) is 5.76. The maximum Gasteiger partial charge on any atom is 0.262 e. The van der Waals surface area contributed by atoms with E-state index in [0.717, 1.165) is 4.90 Å². The fraction of sp³-hybridized carbons (Fsp3) is 0.0909. The van der Waals surface area contributed by atoms with E-state index in [1.54, 1.807) is 42.6 Å². The van der Waals surface area contributed by atoms with Crippen LogP contribution in [-0.4, -0.2) is 34.2 Å². The molecule has 6 nitrogen and oxygen atoms in total. The first-order chi connectivity index (χ1) is 14.8. The zero-order valence-electron chi connectivity index (χ0n) is 15.9. The monoisotopic (exact) mass is 473 g/mol. The molecule has 2 heterocycles. The summed E-state index contributed by atoms with van der Waals surface area (Å²) in [5.74, 6) is -1.65. The van der Waals surface area contributed by atoms with Crippen LogP contribution in [0, 0.1) is 0 Å². The van der Waals surface area contributed by atoms with E-state index >= 15 is 0 Å². The summed E-state index contributed by atoms with van der Waals surface area (Å²) < 4.78 is 0. The van der Waals surface area contributed by atoms with Gasteiger partial charge in [0.25, 0.3) is 11.8 Å². The van der Waals surface area contributed by atoms with E-state index in [2.05, 4.69) is 4.98 Å². The van der Waals surface area contributed by atoms with Gasteiger partial charge in [0, 0.05) is 16.9 Å². The summed E-state index contributed by atoms with van der Waals surface area (Å²) in [5, 5.41) is 0.837. The molecule has 0 saturated carbocycles. The largest absolute Gasteiger partial charge is 0.305 e. The van der Waals surface area contributed by atoms with Crippen LogP contribution >= 0.6 is 34.8 Å². The van der Waals surface area contributed by atoms with Crippen molar-refractivity contribution < 1.29 is 14.4 Å². The minimum atomic E-state index is -0.596. The Morgan fingerprint density at radius 2 is 1.52 bits per heavy atom. The molecular formula is C22H14Cl3N3O3. The van der Waals surface area contributed by atoms with Crippen molar-refractivity contribution in [1.82, 2.24) is 9.88 Å². The number of pyridine rings is 1. The second-order valence-electron chi connectivity index (χ2n) is 6.79. The van der Waals surface area contributed by atoms with Crippen LogP contribution in [0.25, 0.3) is 0 Å². The minimum absolute atomic E-state index is 0.120. The van der Waals surface area contributed by atoms with Crippen molar-refractivity contribution in [3.05, 3.63) is 92.7 Å². The van der Waals surface area contributed by atoms with E-state index in [9.17, 15) is 14.4 Å². The zero-order chi connectivity index (χ0) is 22.1. The van der Waals surface area contributed by atoms with E-state index in [4.69, 9.17) is 34.8 Å². The van der Waals surface area contributed by atoms with Gasteiger partial charge in [0.1, 0.15) is 6.54 Å². The lowest BCUT2D eigenvalue weighted by molar-refractivity contribution is -0.119. The van der Waals surface area contributed by atoms with Gasteiger partial charge in [-0.2, -0.15) is 0 Å². The average molecular weight is 475 g/mol. The SMILES string of the molecule is O=C1c2cc(Cl)c(Cl)cc2C(=O)N1CC(=O)N(Cc1ccccn1)c1ccc(Cl)cc1. The topological polar surface area (TPSA) is 70.6 Å². The van der Waals surface area contributed by atoms with E-state index in [1.807, 2.05) is 6.07 Å². The Hall–Kier alpha value is -2.93. The summed E-state index contributed by atoms with van der Waals surface area (Å²) in [6, 6.07) is 14.7. The van der Waals surface area contributed by atoms with E-state index in [0.29, 0.717) is 16.4 Å². The highest BCUT2D eigenvalue weighted by Gasteiger charge is 2.38. The highest BCUT2D eigenvalue weighted by Crippen LogP contribution is 2.31. The fourth-order valence-electron chi connectivity index (χ4n) is 3.25. The van der Waals surface area contributed by atoms with Crippen molar-refractivity contribution in [2.24, 2.45) is 0 Å². The Morgan fingerprint density at radius 1 is 0.903 bits per heavy atom. The van der Waals surface area contributed by atoms with Crippen molar-refractivity contribution in [2.45, 2.75) is 6.54 Å². The van der Waals surface area contributed by atoms with Crippen LogP contribution in [0.4, 0.5) is 5.69 Å². The van der Waals surface area contributed by atoms with Crippen LogP contribution in [0.1, 0.15) is 26.4 Å². The van der Waals surface area contributed by atoms with E-state index < -0.39 is 24.3 Å². The Morgan fingerprint density at radius 3 is 2.06 bits per heavy atom. The number of aromatic nitrogens is 1. The molecule has 3 aromatic rings. The van der Waals surface area contributed by atoms with Crippen LogP contribution < -0.4 is 4.90 Å². The molecule has 9 heteroatoms. The lowest BCUT2D eigenvalue weighted by Crippen LogP contribution is -2.42. The summed E-state index contributed by atoms with van der Waals surface area (Å²) in [5.41, 5.74) is 1.44. The summed E-state index contributed by atoms with van der Waals surface area (Å²) in [7, 11) is 0. The van der Waals surface area contributed by atoms with Gasteiger partial charge < -0.3 is 4.90 Å². The number of hydrogen-bond acceptors (Lipinski definition) is 4. The number of carbonyl (C=O) groups excluding carboxylic acids is 3. The maximum atomic E-state index is 13.2. The number of imide groups is 1. The Kier molecular flexibility index (Phi) is 5.96. The summed E-state index contributed by atoms with van der Waals surface area (Å²) >= 11 is 17.9. The van der Waals surface area contributed by atoms with Crippen molar-refractivity contribution in [3.8, 4) is 0 Å². The molecule has 0 spiro atoms. The van der Waals surface area contributed by atoms with Crippen LogP contribution in [-0.2, 0) is 11.3 Å². The second-order valence-corrected chi connectivity index (χ2v) is 8.04. The Labute approximate surface area is 192 Å². The van der Waals surface area contributed by atoms with Gasteiger partial charge in [0.15, 0.2) is 0 Å². The quantitative estimate of drug-likeness (QED) is 0.495. The number of carbonyl (C=O) groups is 3. The minimum Gasteiger partial charge on any atom is -0.305 e. The lowest BCUT2D eigenvalue weighted by Gasteiger charge is -2.25. The summed E-state index contributed by atoms with van der Waals surface area (Å²) in [6.07, 6.45) is 1.62. The molecular weight excluding hydrogens is 461 g/mol. The van der Waals surface area contributed by atoms with E-state index in [-0.39, 0.29) is 27.7 Å². The third-order valence-electron chi connectivity index (χ3n) is 4.79. The Bertz CT molecular complexity index is 1140. The molecule has 0 saturated heterocycles. The molecule has 2 aromatic carbocycles. The Balaban J connectivity index is 1.62. The van der Waals surface area contributed by atoms with Gasteiger partial charge in [-0.25, -0.2) is 0 Å². The predicted molar refractivity (Wildman–Crippen MR) is 119 cm³/mol. The number of fused-ring (bicyclic) bond motifs is 1. The molecule has 1 aliphatic heterocycles. The van der Waals surface area contributed by atoms with Gasteiger partial charge in [0.05, 0.1) is 33.4 Å². The molecule has 3 amide bonds. The normalized spacial score (nSPS) is 12.8. The van der Waals surface area contributed by atoms with Gasteiger partial charge in [-0.15, -0.1) is 0 Å². The second kappa shape index (κ2) is 8.67. The number of hydrogen-bond donors (Lipinski definition) is 0. The molecule has 0 fully saturated rings. The van der Waals surface area contributed by atoms with Gasteiger partial charge in [-0.05, 0) is 48.5 Å². The molecule has 1 aliphatic rings. The number of amides is 3. The van der Waals surface area contributed by atoms with E-state index in [1.165, 1.54) is 17.0 Å². The van der Waals surface area contributed by atoms with Crippen molar-refractivity contribution >= 4 is 58.2 Å². The first-order valence-electron chi connectivity index (χ1n) is 9.16. The van der Waals surface area contributed by atoms with Gasteiger partial charge in [0.2, 0.25) is 5.91 Å². The average Bonchev–Trinajstić information content (AvgIpc) is 2.98. The fourth-order valence-corrected chi connectivity index (χ4v) is 3.70. The molecule has 0 radical (unpaired) electrons. The van der Waals surface area contributed by atoms with Crippen molar-refractivity contribution in [2.75, 3.05) is 11.4 Å². The molecule has 156 valence electrons. The van der Waals surface area contributed by atoms with Crippen molar-refractivity contribution in [3.63, 3.8) is 0 Å². The van der Waals surface area contributed by atoms with Crippen LogP contribution in [0.5, 0.6) is 0 Å². The van der Waals surface area contributed by atoms with Gasteiger partial charge >= 0.3 is 0 Å².